The van der Waals surface area contributed by atoms with Crippen molar-refractivity contribution in [1.82, 2.24) is 10.9 Å². The number of allylic oxidation sites excluding steroid dienone is 2. The lowest BCUT2D eigenvalue weighted by atomic mass is 10.3. The third kappa shape index (κ3) is 1.49. The van der Waals surface area contributed by atoms with Crippen molar-refractivity contribution in [3.05, 3.63) is 11.4 Å². The molecular formula is C6H9N3O2. The van der Waals surface area contributed by atoms with Gasteiger partial charge in [0.05, 0.1) is 5.70 Å². The van der Waals surface area contributed by atoms with Gasteiger partial charge in [-0.25, -0.2) is 9.79 Å². The summed E-state index contributed by atoms with van der Waals surface area (Å²) >= 11 is 0. The predicted molar refractivity (Wildman–Crippen MR) is 39.7 cm³/mol. The minimum atomic E-state index is -1.07. The van der Waals surface area contributed by atoms with Gasteiger partial charge in [0.25, 0.3) is 0 Å². The minimum Gasteiger partial charge on any atom is -0.475 e. The van der Waals surface area contributed by atoms with Crippen LogP contribution in [0.1, 0.15) is 13.8 Å². The molecule has 11 heavy (non-hydrogen) atoms. The fourth-order valence-corrected chi connectivity index (χ4v) is 0.624. The highest BCUT2D eigenvalue weighted by molar-refractivity contribution is 6.34. The van der Waals surface area contributed by atoms with E-state index in [0.29, 0.717) is 5.70 Å². The van der Waals surface area contributed by atoms with Crippen molar-refractivity contribution < 1.29 is 9.90 Å². The molecule has 0 spiro atoms. The maximum atomic E-state index is 10.4. The van der Waals surface area contributed by atoms with Gasteiger partial charge in [-0.15, -0.1) is 0 Å². The van der Waals surface area contributed by atoms with Gasteiger partial charge in [-0.2, -0.15) is 0 Å². The first-order chi connectivity index (χ1) is 5.11. The number of carboxylic acids is 1. The summed E-state index contributed by atoms with van der Waals surface area (Å²) in [5.41, 5.74) is 6.63. The summed E-state index contributed by atoms with van der Waals surface area (Å²) in [5.74, 6) is -1.14. The number of rotatable bonds is 1. The first-order valence-corrected chi connectivity index (χ1v) is 3.12. The van der Waals surface area contributed by atoms with Crippen LogP contribution in [0.15, 0.2) is 16.4 Å². The van der Waals surface area contributed by atoms with E-state index >= 15 is 0 Å². The smallest absolute Gasteiger partial charge is 0.373 e. The zero-order chi connectivity index (χ0) is 8.43. The van der Waals surface area contributed by atoms with E-state index in [9.17, 15) is 4.79 Å². The van der Waals surface area contributed by atoms with Gasteiger partial charge in [-0.3, -0.25) is 5.43 Å². The number of hydrogen-bond donors (Lipinski definition) is 3. The SMILES string of the molecule is CC1=C(C)NNC(C(=O)O)=N1. The third-order valence-corrected chi connectivity index (χ3v) is 1.39. The molecule has 0 amide bonds. The van der Waals surface area contributed by atoms with Crippen molar-refractivity contribution in [3.8, 4) is 0 Å². The van der Waals surface area contributed by atoms with Crippen molar-refractivity contribution in [2.75, 3.05) is 0 Å². The van der Waals surface area contributed by atoms with Gasteiger partial charge in [0, 0.05) is 5.70 Å². The van der Waals surface area contributed by atoms with E-state index in [-0.39, 0.29) is 5.84 Å². The van der Waals surface area contributed by atoms with Gasteiger partial charge >= 0.3 is 5.97 Å². The van der Waals surface area contributed by atoms with Gasteiger partial charge in [0.15, 0.2) is 0 Å². The van der Waals surface area contributed by atoms with E-state index in [1.54, 1.807) is 6.92 Å². The highest BCUT2D eigenvalue weighted by Gasteiger charge is 2.13. The molecule has 3 N–H and O–H groups in total. The molecule has 1 aliphatic rings. The van der Waals surface area contributed by atoms with E-state index in [1.807, 2.05) is 6.92 Å². The van der Waals surface area contributed by atoms with Gasteiger partial charge in [0.2, 0.25) is 5.84 Å². The van der Waals surface area contributed by atoms with Crippen LogP contribution in [-0.2, 0) is 4.79 Å². The summed E-state index contributed by atoms with van der Waals surface area (Å²) in [5, 5.41) is 8.49. The second-order valence-corrected chi connectivity index (χ2v) is 2.23. The van der Waals surface area contributed by atoms with Crippen molar-refractivity contribution in [2.24, 2.45) is 4.99 Å². The zero-order valence-electron chi connectivity index (χ0n) is 6.30. The van der Waals surface area contributed by atoms with Gasteiger partial charge in [-0.05, 0) is 13.8 Å². The molecule has 0 fully saturated rings. The Morgan fingerprint density at radius 3 is 2.55 bits per heavy atom. The van der Waals surface area contributed by atoms with Crippen LogP contribution in [0.4, 0.5) is 0 Å². The standard InChI is InChI=1S/C6H9N3O2/c1-3-4(2)8-9-5(7-3)6(10)11/h8H,1-2H3,(H,7,9)(H,10,11). The number of hydrogen-bond acceptors (Lipinski definition) is 4. The van der Waals surface area contributed by atoms with Crippen molar-refractivity contribution >= 4 is 11.8 Å². The Balaban J connectivity index is 2.89. The van der Waals surface area contributed by atoms with Crippen LogP contribution in [0.3, 0.4) is 0 Å². The fourth-order valence-electron chi connectivity index (χ4n) is 0.624. The lowest BCUT2D eigenvalue weighted by Crippen LogP contribution is -2.43. The monoisotopic (exact) mass is 155 g/mol. The number of aliphatic imine (C=N–C) groups is 1. The predicted octanol–water partition coefficient (Wildman–Crippen LogP) is -0.171. The van der Waals surface area contributed by atoms with Gasteiger partial charge < -0.3 is 10.5 Å². The minimum absolute atomic E-state index is 0.0758. The lowest BCUT2D eigenvalue weighted by Gasteiger charge is -2.15. The third-order valence-electron chi connectivity index (χ3n) is 1.39. The van der Waals surface area contributed by atoms with E-state index in [4.69, 9.17) is 5.11 Å². The number of amidine groups is 1. The molecule has 1 heterocycles. The molecule has 0 atom stereocenters. The van der Waals surface area contributed by atoms with Crippen LogP contribution < -0.4 is 10.9 Å². The molecule has 0 aromatic carbocycles. The highest BCUT2D eigenvalue weighted by atomic mass is 16.4. The quantitative estimate of drug-likeness (QED) is 0.491. The molecule has 0 aliphatic carbocycles. The summed E-state index contributed by atoms with van der Waals surface area (Å²) < 4.78 is 0. The second-order valence-electron chi connectivity index (χ2n) is 2.23. The fraction of sp³-hybridized carbons (Fsp3) is 0.333. The highest BCUT2D eigenvalue weighted by Crippen LogP contribution is 2.03. The summed E-state index contributed by atoms with van der Waals surface area (Å²) in [4.78, 5) is 14.1. The van der Waals surface area contributed by atoms with Crippen LogP contribution in [0, 0.1) is 0 Å². The Hall–Kier alpha value is -1.52. The average molecular weight is 155 g/mol. The second kappa shape index (κ2) is 2.61. The summed E-state index contributed by atoms with van der Waals surface area (Å²) in [6.45, 7) is 3.55. The van der Waals surface area contributed by atoms with Crippen LogP contribution in [0.2, 0.25) is 0 Å². The summed E-state index contributed by atoms with van der Waals surface area (Å²) in [7, 11) is 0. The molecule has 5 heteroatoms. The Labute approximate surface area is 63.8 Å². The topological polar surface area (TPSA) is 73.7 Å². The molecule has 5 nitrogen and oxygen atoms in total. The van der Waals surface area contributed by atoms with E-state index in [2.05, 4.69) is 15.8 Å². The molecule has 60 valence electrons. The Bertz CT molecular complexity index is 255. The van der Waals surface area contributed by atoms with Crippen LogP contribution in [0.5, 0.6) is 0 Å². The molecule has 0 aromatic heterocycles. The van der Waals surface area contributed by atoms with Gasteiger partial charge in [0.1, 0.15) is 0 Å². The number of aliphatic carboxylic acids is 1. The lowest BCUT2D eigenvalue weighted by molar-refractivity contribution is -0.129. The summed E-state index contributed by atoms with van der Waals surface area (Å²) in [6, 6.07) is 0. The summed E-state index contributed by atoms with van der Waals surface area (Å²) in [6.07, 6.45) is 0. The van der Waals surface area contributed by atoms with Crippen LogP contribution >= 0.6 is 0 Å². The molecule has 0 aromatic rings. The molecule has 0 radical (unpaired) electrons. The van der Waals surface area contributed by atoms with E-state index in [0.717, 1.165) is 5.70 Å². The molecule has 1 rings (SSSR count). The van der Waals surface area contributed by atoms with Crippen LogP contribution in [0.25, 0.3) is 0 Å². The normalized spacial score (nSPS) is 16.7. The first kappa shape index (κ1) is 7.59. The largest absolute Gasteiger partial charge is 0.475 e. The van der Waals surface area contributed by atoms with E-state index in [1.165, 1.54) is 0 Å². The molecule has 0 bridgehead atoms. The zero-order valence-corrected chi connectivity index (χ0v) is 6.30. The number of carboxylic acid groups (broad SMARTS) is 1. The Morgan fingerprint density at radius 2 is 2.09 bits per heavy atom. The molecule has 0 saturated heterocycles. The molecule has 0 unspecified atom stereocenters. The average Bonchev–Trinajstić information content (AvgIpc) is 1.94. The number of hydrazine groups is 1. The number of nitrogens with zero attached hydrogens (tertiary/aromatic N) is 1. The number of carbonyl (C=O) groups is 1. The molecule has 1 aliphatic heterocycles. The van der Waals surface area contributed by atoms with Crippen molar-refractivity contribution in [2.45, 2.75) is 13.8 Å². The Kier molecular flexibility index (Phi) is 1.80. The Morgan fingerprint density at radius 1 is 1.45 bits per heavy atom. The number of nitrogens with one attached hydrogen (secondary N) is 2. The van der Waals surface area contributed by atoms with Crippen LogP contribution in [-0.4, -0.2) is 16.9 Å². The molecular weight excluding hydrogens is 146 g/mol. The molecule has 0 saturated carbocycles. The van der Waals surface area contributed by atoms with Gasteiger partial charge in [-0.1, -0.05) is 0 Å². The van der Waals surface area contributed by atoms with E-state index < -0.39 is 5.97 Å². The maximum Gasteiger partial charge on any atom is 0.373 e. The van der Waals surface area contributed by atoms with Crippen molar-refractivity contribution in [1.29, 1.82) is 0 Å². The van der Waals surface area contributed by atoms with Crippen molar-refractivity contribution in [3.63, 3.8) is 0 Å². The maximum absolute atomic E-state index is 10.4. The first-order valence-electron chi connectivity index (χ1n) is 3.12.